The van der Waals surface area contributed by atoms with E-state index in [1.807, 2.05) is 36.6 Å². The van der Waals surface area contributed by atoms with Crippen LogP contribution in [0.15, 0.2) is 34.7 Å². The molecule has 0 unspecified atom stereocenters. The first-order valence-electron chi connectivity index (χ1n) is 5.14. The van der Waals surface area contributed by atoms with Gasteiger partial charge < -0.3 is 4.74 Å². The Balaban J connectivity index is 2.05. The minimum Gasteiger partial charge on any atom is -0.496 e. The number of methoxy groups -OCH3 is 1. The Morgan fingerprint density at radius 2 is 2.24 bits per heavy atom. The second-order valence-electron chi connectivity index (χ2n) is 3.41. The average molecular weight is 247 g/mol. The highest BCUT2D eigenvalue weighted by Crippen LogP contribution is 2.16. The minimum atomic E-state index is 0.786. The zero-order chi connectivity index (χ0) is 12.1. The van der Waals surface area contributed by atoms with Gasteiger partial charge in [-0.05, 0) is 19.1 Å². The van der Waals surface area contributed by atoms with E-state index in [0.29, 0.717) is 0 Å². The van der Waals surface area contributed by atoms with E-state index in [-0.39, 0.29) is 0 Å². The summed E-state index contributed by atoms with van der Waals surface area (Å²) in [7, 11) is 1.64. The summed E-state index contributed by atoms with van der Waals surface area (Å²) in [5.74, 6) is 0.799. The van der Waals surface area contributed by atoms with Crippen molar-refractivity contribution in [1.82, 2.24) is 4.98 Å². The Kier molecular flexibility index (Phi) is 3.72. The molecule has 4 nitrogen and oxygen atoms in total. The lowest BCUT2D eigenvalue weighted by Crippen LogP contribution is -1.93. The van der Waals surface area contributed by atoms with Crippen LogP contribution >= 0.6 is 11.3 Å². The van der Waals surface area contributed by atoms with Gasteiger partial charge in [-0.15, -0.1) is 11.3 Å². The predicted octanol–water partition coefficient (Wildman–Crippen LogP) is 2.91. The molecule has 2 aromatic rings. The van der Waals surface area contributed by atoms with Gasteiger partial charge in [0.2, 0.25) is 5.13 Å². The third-order valence-corrected chi connectivity index (χ3v) is 2.99. The molecule has 1 aromatic carbocycles. The second kappa shape index (κ2) is 5.45. The van der Waals surface area contributed by atoms with Gasteiger partial charge in [0.15, 0.2) is 0 Å². The molecule has 1 aromatic heterocycles. The Labute approximate surface area is 104 Å². The first-order valence-corrected chi connectivity index (χ1v) is 6.02. The van der Waals surface area contributed by atoms with E-state index in [4.69, 9.17) is 4.74 Å². The van der Waals surface area contributed by atoms with Crippen molar-refractivity contribution in [1.29, 1.82) is 0 Å². The molecule has 0 bridgehead atoms. The maximum Gasteiger partial charge on any atom is 0.203 e. The zero-order valence-electron chi connectivity index (χ0n) is 9.68. The summed E-state index contributed by atoms with van der Waals surface area (Å²) in [6.07, 6.45) is 1.72. The first kappa shape index (κ1) is 11.6. The van der Waals surface area contributed by atoms with Crippen LogP contribution in [0, 0.1) is 6.92 Å². The Morgan fingerprint density at radius 3 is 2.94 bits per heavy atom. The Bertz CT molecular complexity index is 522. The number of thiazole rings is 1. The van der Waals surface area contributed by atoms with Crippen LogP contribution in [0.1, 0.15) is 11.3 Å². The molecule has 0 saturated heterocycles. The van der Waals surface area contributed by atoms with Crippen molar-refractivity contribution in [3.05, 3.63) is 40.9 Å². The Hall–Kier alpha value is -1.88. The van der Waals surface area contributed by atoms with Crippen LogP contribution in [0.3, 0.4) is 0 Å². The summed E-state index contributed by atoms with van der Waals surface area (Å²) in [5, 5.41) is 6.89. The molecule has 88 valence electrons. The van der Waals surface area contributed by atoms with Gasteiger partial charge in [0.1, 0.15) is 5.75 Å². The smallest absolute Gasteiger partial charge is 0.203 e. The van der Waals surface area contributed by atoms with Crippen LogP contribution in [0.4, 0.5) is 5.13 Å². The minimum absolute atomic E-state index is 0.786. The fourth-order valence-corrected chi connectivity index (χ4v) is 1.97. The van der Waals surface area contributed by atoms with Crippen molar-refractivity contribution in [2.75, 3.05) is 12.5 Å². The van der Waals surface area contributed by atoms with E-state index in [1.165, 1.54) is 11.3 Å². The van der Waals surface area contributed by atoms with Gasteiger partial charge in [-0.25, -0.2) is 4.98 Å². The zero-order valence-corrected chi connectivity index (χ0v) is 10.5. The van der Waals surface area contributed by atoms with E-state index in [2.05, 4.69) is 15.5 Å². The topological polar surface area (TPSA) is 46.5 Å². The molecule has 0 amide bonds. The van der Waals surface area contributed by atoms with Crippen molar-refractivity contribution in [3.8, 4) is 5.75 Å². The monoisotopic (exact) mass is 247 g/mol. The lowest BCUT2D eigenvalue weighted by atomic mass is 10.2. The van der Waals surface area contributed by atoms with E-state index < -0.39 is 0 Å². The molecule has 1 heterocycles. The number of benzene rings is 1. The van der Waals surface area contributed by atoms with E-state index in [1.54, 1.807) is 13.3 Å². The van der Waals surface area contributed by atoms with Crippen molar-refractivity contribution in [2.45, 2.75) is 6.92 Å². The normalized spacial score (nSPS) is 10.7. The van der Waals surface area contributed by atoms with Gasteiger partial charge in [-0.1, -0.05) is 12.1 Å². The average Bonchev–Trinajstić information content (AvgIpc) is 2.76. The SMILES string of the molecule is COc1ccccc1/C=N/Nc1nc(C)cs1. The van der Waals surface area contributed by atoms with Crippen molar-refractivity contribution >= 4 is 22.7 Å². The quantitative estimate of drug-likeness (QED) is 0.667. The molecule has 0 radical (unpaired) electrons. The third kappa shape index (κ3) is 3.04. The van der Waals surface area contributed by atoms with Crippen LogP contribution in [-0.2, 0) is 0 Å². The number of para-hydroxylation sites is 1. The maximum absolute atomic E-state index is 5.22. The molecule has 0 fully saturated rings. The highest BCUT2D eigenvalue weighted by Gasteiger charge is 1.98. The van der Waals surface area contributed by atoms with Crippen LogP contribution in [0.5, 0.6) is 5.75 Å². The highest BCUT2D eigenvalue weighted by atomic mass is 32.1. The molecule has 1 N–H and O–H groups in total. The molecule has 2 rings (SSSR count). The summed E-state index contributed by atoms with van der Waals surface area (Å²) in [6, 6.07) is 7.71. The largest absolute Gasteiger partial charge is 0.496 e. The number of nitrogens with zero attached hydrogens (tertiary/aromatic N) is 2. The fourth-order valence-electron chi connectivity index (χ4n) is 1.34. The number of hydrogen-bond acceptors (Lipinski definition) is 5. The van der Waals surface area contributed by atoms with Crippen molar-refractivity contribution in [2.24, 2.45) is 5.10 Å². The van der Waals surface area contributed by atoms with Crippen molar-refractivity contribution < 1.29 is 4.74 Å². The maximum atomic E-state index is 5.22. The number of nitrogens with one attached hydrogen (secondary N) is 1. The van der Waals surface area contributed by atoms with Crippen LogP contribution in [0.2, 0.25) is 0 Å². The van der Waals surface area contributed by atoms with Crippen LogP contribution in [0.25, 0.3) is 0 Å². The number of hydrogen-bond donors (Lipinski definition) is 1. The fraction of sp³-hybridized carbons (Fsp3) is 0.167. The summed E-state index contributed by atoms with van der Waals surface area (Å²) in [4.78, 5) is 4.25. The van der Waals surface area contributed by atoms with E-state index in [0.717, 1.165) is 22.1 Å². The molecular weight excluding hydrogens is 234 g/mol. The molecule has 0 aliphatic carbocycles. The number of anilines is 1. The number of aromatic nitrogens is 1. The van der Waals surface area contributed by atoms with Crippen molar-refractivity contribution in [3.63, 3.8) is 0 Å². The molecule has 0 saturated carbocycles. The third-order valence-electron chi connectivity index (χ3n) is 2.12. The first-order chi connectivity index (χ1) is 8.29. The van der Waals surface area contributed by atoms with Gasteiger partial charge in [0.25, 0.3) is 0 Å². The van der Waals surface area contributed by atoms with Gasteiger partial charge in [-0.2, -0.15) is 5.10 Å². The van der Waals surface area contributed by atoms with Gasteiger partial charge in [0.05, 0.1) is 19.0 Å². The standard InChI is InChI=1S/C12H13N3OS/c1-9-8-17-12(14-9)15-13-7-10-5-3-4-6-11(10)16-2/h3-8H,1-2H3,(H,14,15)/b13-7+. The lowest BCUT2D eigenvalue weighted by Gasteiger charge is -2.02. The summed E-state index contributed by atoms with van der Waals surface area (Å²) in [6.45, 7) is 1.95. The molecule has 0 aliphatic rings. The summed E-state index contributed by atoms with van der Waals surface area (Å²) >= 11 is 1.53. The molecule has 5 heteroatoms. The van der Waals surface area contributed by atoms with Crippen LogP contribution < -0.4 is 10.2 Å². The molecule has 17 heavy (non-hydrogen) atoms. The molecular formula is C12H13N3OS. The van der Waals surface area contributed by atoms with E-state index >= 15 is 0 Å². The number of rotatable bonds is 4. The highest BCUT2D eigenvalue weighted by molar-refractivity contribution is 7.13. The molecule has 0 atom stereocenters. The number of ether oxygens (including phenoxy) is 1. The summed E-state index contributed by atoms with van der Waals surface area (Å²) < 4.78 is 5.22. The molecule has 0 aliphatic heterocycles. The lowest BCUT2D eigenvalue weighted by molar-refractivity contribution is 0.414. The second-order valence-corrected chi connectivity index (χ2v) is 4.26. The molecule has 0 spiro atoms. The van der Waals surface area contributed by atoms with E-state index in [9.17, 15) is 0 Å². The van der Waals surface area contributed by atoms with Crippen LogP contribution in [-0.4, -0.2) is 18.3 Å². The van der Waals surface area contributed by atoms with Gasteiger partial charge in [-0.3, -0.25) is 5.43 Å². The number of aryl methyl sites for hydroxylation is 1. The van der Waals surface area contributed by atoms with Gasteiger partial charge in [0, 0.05) is 10.9 Å². The Morgan fingerprint density at radius 1 is 1.41 bits per heavy atom. The van der Waals surface area contributed by atoms with Gasteiger partial charge >= 0.3 is 0 Å². The predicted molar refractivity (Wildman–Crippen MR) is 71.1 cm³/mol. The summed E-state index contributed by atoms with van der Waals surface area (Å²) in [5.41, 5.74) is 4.80. The number of hydrazone groups is 1.